The van der Waals surface area contributed by atoms with Crippen LogP contribution in [0.15, 0.2) is 0 Å². The third-order valence-electron chi connectivity index (χ3n) is 0.777. The van der Waals surface area contributed by atoms with Gasteiger partial charge in [-0.05, 0) is 0 Å². The second-order valence-corrected chi connectivity index (χ2v) is 1.97. The van der Waals surface area contributed by atoms with Gasteiger partial charge in [-0.3, -0.25) is 0 Å². The molecule has 3 N–H and O–H groups in total. The molecule has 0 atom stereocenters. The Morgan fingerprint density at radius 1 is 1.40 bits per heavy atom. The van der Waals surface area contributed by atoms with Gasteiger partial charge in [-0.15, -0.1) is 11.6 Å². The minimum absolute atomic E-state index is 0.0473. The maximum absolute atomic E-state index is 10.6. The fourth-order valence-corrected chi connectivity index (χ4v) is 0.487. The number of urea groups is 1. The van der Waals surface area contributed by atoms with E-state index < -0.39 is 0 Å². The highest BCUT2D eigenvalue weighted by atomic mass is 35.5. The first-order valence-corrected chi connectivity index (χ1v) is 3.53. The average Bonchev–Trinajstić information content (AvgIpc) is 1.97. The van der Waals surface area contributed by atoms with Crippen LogP contribution in [-0.4, -0.2) is 36.7 Å². The fraction of sp³-hybridized carbons (Fsp3) is 0.800. The molecule has 0 bridgehead atoms. The summed E-state index contributed by atoms with van der Waals surface area (Å²) < 4.78 is 0. The number of hydrogen-bond donors (Lipinski definition) is 3. The van der Waals surface area contributed by atoms with Crippen molar-refractivity contribution in [3.05, 3.63) is 0 Å². The Morgan fingerprint density at radius 2 is 2.00 bits per heavy atom. The number of carbonyl (C=O) groups excluding carboxylic acids is 1. The molecule has 60 valence electrons. The molecule has 0 radical (unpaired) electrons. The summed E-state index contributed by atoms with van der Waals surface area (Å²) in [4.78, 5) is 10.6. The second-order valence-electron chi connectivity index (χ2n) is 1.60. The minimum Gasteiger partial charge on any atom is -0.395 e. The maximum Gasteiger partial charge on any atom is 0.314 e. The summed E-state index contributed by atoms with van der Waals surface area (Å²) in [7, 11) is 0. The lowest BCUT2D eigenvalue weighted by molar-refractivity contribution is 0.235. The van der Waals surface area contributed by atoms with Crippen LogP contribution in [0.5, 0.6) is 0 Å². The van der Waals surface area contributed by atoms with E-state index in [0.29, 0.717) is 12.4 Å². The molecule has 0 aromatic rings. The Bertz CT molecular complexity index is 89.6. The maximum atomic E-state index is 10.6. The number of halogens is 1. The van der Waals surface area contributed by atoms with Crippen LogP contribution in [-0.2, 0) is 0 Å². The van der Waals surface area contributed by atoms with Gasteiger partial charge in [-0.1, -0.05) is 0 Å². The molecule has 0 aliphatic heterocycles. The number of amides is 2. The quantitative estimate of drug-likeness (QED) is 0.493. The largest absolute Gasteiger partial charge is 0.395 e. The molecule has 0 spiro atoms. The Hall–Kier alpha value is -0.480. The molecule has 0 aromatic heterocycles. The van der Waals surface area contributed by atoms with Gasteiger partial charge in [0.25, 0.3) is 0 Å². The van der Waals surface area contributed by atoms with E-state index in [9.17, 15) is 4.79 Å². The number of alkyl halides is 1. The van der Waals surface area contributed by atoms with Gasteiger partial charge in [0, 0.05) is 19.0 Å². The number of carbonyl (C=O) groups is 1. The van der Waals surface area contributed by atoms with E-state index >= 15 is 0 Å². The lowest BCUT2D eigenvalue weighted by Crippen LogP contribution is -2.37. The summed E-state index contributed by atoms with van der Waals surface area (Å²) in [5.74, 6) is 0.395. The average molecular weight is 166 g/mol. The van der Waals surface area contributed by atoms with Gasteiger partial charge >= 0.3 is 6.03 Å². The number of nitrogens with one attached hydrogen (secondary N) is 2. The monoisotopic (exact) mass is 165 g/mol. The third-order valence-corrected chi connectivity index (χ3v) is 0.966. The van der Waals surface area contributed by atoms with Gasteiger partial charge in [0.05, 0.1) is 6.61 Å². The highest BCUT2D eigenvalue weighted by Crippen LogP contribution is 1.69. The molecule has 4 nitrogen and oxygen atoms in total. The zero-order valence-corrected chi connectivity index (χ0v) is 6.32. The lowest BCUT2D eigenvalue weighted by Gasteiger charge is -2.02. The van der Waals surface area contributed by atoms with Gasteiger partial charge in [0.15, 0.2) is 0 Å². The molecule has 0 saturated carbocycles. The molecule has 0 fully saturated rings. The first-order valence-electron chi connectivity index (χ1n) is 2.99. The van der Waals surface area contributed by atoms with Crippen LogP contribution < -0.4 is 10.6 Å². The lowest BCUT2D eigenvalue weighted by atomic mass is 10.2. The van der Waals surface area contributed by atoms with Crippen LogP contribution in [0.3, 0.4) is 0 Å². The van der Waals surface area contributed by atoms with Crippen molar-refractivity contribution in [2.45, 2.75) is 0 Å². The Balaban J connectivity index is 3.09. The van der Waals surface area contributed by atoms with Crippen LogP contribution in [0.2, 0.25) is 0 Å². The van der Waals surface area contributed by atoms with Crippen molar-refractivity contribution in [2.24, 2.45) is 0 Å². The van der Waals surface area contributed by atoms with Crippen LogP contribution in [0.25, 0.3) is 0 Å². The smallest absolute Gasteiger partial charge is 0.314 e. The van der Waals surface area contributed by atoms with Crippen molar-refractivity contribution < 1.29 is 9.90 Å². The molecule has 0 saturated heterocycles. The fourth-order valence-electron chi connectivity index (χ4n) is 0.393. The summed E-state index contributed by atoms with van der Waals surface area (Å²) in [6.07, 6.45) is 0. The molecule has 2 amide bonds. The Kier molecular flexibility index (Phi) is 6.32. The summed E-state index contributed by atoms with van der Waals surface area (Å²) in [5.41, 5.74) is 0. The summed E-state index contributed by atoms with van der Waals surface area (Å²) in [5, 5.41) is 13.2. The predicted octanol–water partition coefficient (Wildman–Crippen LogP) is -0.483. The van der Waals surface area contributed by atoms with Crippen LogP contribution in [0.4, 0.5) is 4.79 Å². The SMILES string of the molecule is O=[11C](NCCO)NCCCl. The normalized spacial score (nSPS) is 9.00. The number of hydrogen-bond acceptors (Lipinski definition) is 2. The van der Waals surface area contributed by atoms with Crippen molar-refractivity contribution in [1.29, 1.82) is 0 Å². The minimum atomic E-state index is -0.297. The van der Waals surface area contributed by atoms with E-state index in [1.807, 2.05) is 0 Å². The van der Waals surface area contributed by atoms with E-state index in [0.717, 1.165) is 0 Å². The summed E-state index contributed by atoms with van der Waals surface area (Å²) in [6, 6.07) is -0.297. The van der Waals surface area contributed by atoms with Crippen molar-refractivity contribution in [2.75, 3.05) is 25.6 Å². The molecule has 0 aliphatic carbocycles. The molecule has 0 aliphatic rings. The standard InChI is InChI=1S/C5H11ClN2O2/c6-1-2-7-5(10)8-3-4-9/h9H,1-4H2,(H2,7,8,10)/i5-1. The van der Waals surface area contributed by atoms with Crippen molar-refractivity contribution >= 4 is 17.6 Å². The molecule has 0 aromatic carbocycles. The van der Waals surface area contributed by atoms with Crippen molar-refractivity contribution in [1.82, 2.24) is 10.6 Å². The first kappa shape index (κ1) is 9.52. The number of aliphatic hydroxyl groups excluding tert-OH is 1. The number of aliphatic hydroxyl groups is 1. The summed E-state index contributed by atoms with van der Waals surface area (Å²) in [6.45, 7) is 0.668. The molecule has 5 heteroatoms. The van der Waals surface area contributed by atoms with E-state index in [1.165, 1.54) is 0 Å². The topological polar surface area (TPSA) is 61.4 Å². The molecule has 0 rings (SSSR count). The van der Waals surface area contributed by atoms with E-state index in [2.05, 4.69) is 10.6 Å². The van der Waals surface area contributed by atoms with Crippen molar-refractivity contribution in [3.8, 4) is 0 Å². The van der Waals surface area contributed by atoms with Crippen LogP contribution in [0, 0.1) is 0 Å². The van der Waals surface area contributed by atoms with E-state index in [4.69, 9.17) is 16.7 Å². The number of rotatable bonds is 4. The molecular weight excluding hydrogens is 155 g/mol. The highest BCUT2D eigenvalue weighted by Gasteiger charge is 1.94. The molecule has 10 heavy (non-hydrogen) atoms. The van der Waals surface area contributed by atoms with E-state index in [-0.39, 0.29) is 19.2 Å². The highest BCUT2D eigenvalue weighted by molar-refractivity contribution is 6.18. The van der Waals surface area contributed by atoms with Gasteiger partial charge in [0.1, 0.15) is 0 Å². The predicted molar refractivity (Wildman–Crippen MR) is 39.2 cm³/mol. The Morgan fingerprint density at radius 3 is 2.50 bits per heavy atom. The third kappa shape index (κ3) is 5.65. The second kappa shape index (κ2) is 6.64. The van der Waals surface area contributed by atoms with Gasteiger partial charge in [-0.25, -0.2) is 4.79 Å². The zero-order chi connectivity index (χ0) is 7.82. The zero-order valence-electron chi connectivity index (χ0n) is 5.56. The van der Waals surface area contributed by atoms with E-state index in [1.54, 1.807) is 0 Å². The molecular formula is C5H11ClN2O2. The molecule has 0 heterocycles. The van der Waals surface area contributed by atoms with Gasteiger partial charge in [-0.2, -0.15) is 0 Å². The first-order chi connectivity index (χ1) is 4.81. The van der Waals surface area contributed by atoms with Crippen LogP contribution >= 0.6 is 11.6 Å². The van der Waals surface area contributed by atoms with Crippen molar-refractivity contribution in [3.63, 3.8) is 0 Å². The van der Waals surface area contributed by atoms with Crippen LogP contribution in [0.1, 0.15) is 0 Å². The Labute approximate surface area is 64.6 Å². The summed E-state index contributed by atoms with van der Waals surface area (Å²) >= 11 is 5.29. The van der Waals surface area contributed by atoms with Gasteiger partial charge in [0.2, 0.25) is 0 Å². The molecule has 0 unspecified atom stereocenters. The van der Waals surface area contributed by atoms with Gasteiger partial charge < -0.3 is 15.7 Å².